The fourth-order valence-corrected chi connectivity index (χ4v) is 4.36. The zero-order valence-corrected chi connectivity index (χ0v) is 16.9. The number of likely N-dealkylation sites (tertiary alicyclic amines) is 1. The van der Waals surface area contributed by atoms with Crippen molar-refractivity contribution in [2.24, 2.45) is 10.4 Å². The second kappa shape index (κ2) is 8.41. The molecule has 3 aliphatic heterocycles. The molecule has 8 nitrogen and oxygen atoms in total. The van der Waals surface area contributed by atoms with Crippen molar-refractivity contribution in [3.8, 4) is 0 Å². The fourth-order valence-electron chi connectivity index (χ4n) is 4.36. The van der Waals surface area contributed by atoms with Gasteiger partial charge in [-0.25, -0.2) is 0 Å². The third-order valence-electron chi connectivity index (χ3n) is 6.11. The monoisotopic (exact) mass is 399 g/mol. The van der Waals surface area contributed by atoms with Crippen LogP contribution >= 0.6 is 0 Å². The van der Waals surface area contributed by atoms with Crippen molar-refractivity contribution in [2.75, 3.05) is 53.0 Å². The van der Waals surface area contributed by atoms with Gasteiger partial charge < -0.3 is 25.2 Å². The van der Waals surface area contributed by atoms with E-state index in [0.717, 1.165) is 50.7 Å². The Balaban J connectivity index is 1.31. The van der Waals surface area contributed by atoms with Gasteiger partial charge in [0.25, 0.3) is 5.91 Å². The Morgan fingerprint density at radius 3 is 2.76 bits per heavy atom. The van der Waals surface area contributed by atoms with Gasteiger partial charge in [0.1, 0.15) is 0 Å². The first-order valence-corrected chi connectivity index (χ1v) is 10.3. The molecule has 1 spiro atoms. The van der Waals surface area contributed by atoms with Gasteiger partial charge in [-0.1, -0.05) is 12.1 Å². The summed E-state index contributed by atoms with van der Waals surface area (Å²) in [6, 6.07) is 7.56. The lowest BCUT2D eigenvalue weighted by molar-refractivity contribution is -0.123. The highest BCUT2D eigenvalue weighted by Gasteiger charge is 2.42. The minimum absolute atomic E-state index is 0.101. The van der Waals surface area contributed by atoms with Crippen LogP contribution in [0.25, 0.3) is 0 Å². The van der Waals surface area contributed by atoms with E-state index in [1.807, 2.05) is 31.3 Å². The van der Waals surface area contributed by atoms with Crippen molar-refractivity contribution in [2.45, 2.75) is 19.4 Å². The van der Waals surface area contributed by atoms with Crippen molar-refractivity contribution >= 4 is 17.8 Å². The van der Waals surface area contributed by atoms with Gasteiger partial charge in [-0.2, -0.15) is 0 Å². The lowest BCUT2D eigenvalue weighted by Crippen LogP contribution is -2.49. The molecule has 4 rings (SSSR count). The number of nitrogens with zero attached hydrogens (tertiary/aromatic N) is 3. The molecule has 0 aromatic heterocycles. The Hall–Kier alpha value is -2.61. The molecule has 1 atom stereocenters. The van der Waals surface area contributed by atoms with Crippen LogP contribution in [-0.2, 0) is 16.1 Å². The number of hydrogen-bond donors (Lipinski definition) is 2. The molecule has 1 unspecified atom stereocenters. The predicted octanol–water partition coefficient (Wildman–Crippen LogP) is 0.446. The molecule has 3 heterocycles. The van der Waals surface area contributed by atoms with Crippen LogP contribution in [0.4, 0.5) is 0 Å². The number of nitrogens with one attached hydrogen (secondary N) is 2. The quantitative estimate of drug-likeness (QED) is 0.569. The number of guanidine groups is 1. The van der Waals surface area contributed by atoms with Gasteiger partial charge in [-0.3, -0.25) is 14.6 Å². The van der Waals surface area contributed by atoms with Gasteiger partial charge in [0.05, 0.1) is 13.2 Å². The zero-order valence-electron chi connectivity index (χ0n) is 16.9. The Labute approximate surface area is 171 Å². The number of piperazine rings is 1. The van der Waals surface area contributed by atoms with Crippen LogP contribution in [0.5, 0.6) is 0 Å². The molecular weight excluding hydrogens is 370 g/mol. The molecule has 0 radical (unpaired) electrons. The molecule has 1 aromatic carbocycles. The van der Waals surface area contributed by atoms with Crippen LogP contribution in [0, 0.1) is 5.41 Å². The van der Waals surface area contributed by atoms with Crippen LogP contribution in [0.2, 0.25) is 0 Å². The highest BCUT2D eigenvalue weighted by molar-refractivity contribution is 5.97. The minimum Gasteiger partial charge on any atom is -0.381 e. The largest absolute Gasteiger partial charge is 0.381 e. The Morgan fingerprint density at radius 1 is 1.24 bits per heavy atom. The summed E-state index contributed by atoms with van der Waals surface area (Å²) in [5.74, 6) is 0.703. The van der Waals surface area contributed by atoms with Gasteiger partial charge in [0.2, 0.25) is 5.91 Å². The second-order valence-electron chi connectivity index (χ2n) is 8.15. The molecule has 8 heteroatoms. The van der Waals surface area contributed by atoms with Crippen molar-refractivity contribution in [3.63, 3.8) is 0 Å². The van der Waals surface area contributed by atoms with Gasteiger partial charge >= 0.3 is 0 Å². The number of hydrogen-bond acceptors (Lipinski definition) is 4. The molecule has 156 valence electrons. The molecule has 0 bridgehead atoms. The zero-order chi connectivity index (χ0) is 20.3. The lowest BCUT2D eigenvalue weighted by atomic mass is 9.87. The maximum atomic E-state index is 12.6. The number of carbonyl (C=O) groups excluding carboxylic acids is 2. The molecule has 29 heavy (non-hydrogen) atoms. The molecule has 3 aliphatic rings. The number of rotatable bonds is 3. The van der Waals surface area contributed by atoms with Crippen LogP contribution in [0.3, 0.4) is 0 Å². The number of amides is 2. The van der Waals surface area contributed by atoms with E-state index in [1.165, 1.54) is 0 Å². The van der Waals surface area contributed by atoms with E-state index >= 15 is 0 Å². The van der Waals surface area contributed by atoms with Crippen molar-refractivity contribution in [1.82, 2.24) is 20.4 Å². The minimum atomic E-state index is -0.107. The van der Waals surface area contributed by atoms with E-state index in [1.54, 1.807) is 4.90 Å². The first-order valence-electron chi connectivity index (χ1n) is 10.3. The summed E-state index contributed by atoms with van der Waals surface area (Å²) in [6.45, 7) is 5.54. The normalized spacial score (nSPS) is 24.9. The third-order valence-corrected chi connectivity index (χ3v) is 6.11. The van der Waals surface area contributed by atoms with Gasteiger partial charge in [0.15, 0.2) is 5.96 Å². The number of ether oxygens (including phenoxy) is 1. The van der Waals surface area contributed by atoms with Crippen molar-refractivity contribution in [1.29, 1.82) is 0 Å². The predicted molar refractivity (Wildman–Crippen MR) is 110 cm³/mol. The number of aliphatic imine (C=N–C) groups is 1. The van der Waals surface area contributed by atoms with Crippen LogP contribution in [0.1, 0.15) is 28.8 Å². The summed E-state index contributed by atoms with van der Waals surface area (Å²) in [5.41, 5.74) is 1.98. The van der Waals surface area contributed by atoms with E-state index in [-0.39, 0.29) is 18.4 Å². The summed E-state index contributed by atoms with van der Waals surface area (Å²) in [6.07, 6.45) is 2.29. The molecule has 0 aliphatic carbocycles. The summed E-state index contributed by atoms with van der Waals surface area (Å²) in [5, 5.41) is 6.17. The summed E-state index contributed by atoms with van der Waals surface area (Å²) in [4.78, 5) is 32.4. The maximum Gasteiger partial charge on any atom is 0.254 e. The standard InChI is InChI=1S/C21H29N5O3/c1-22-20(26-9-6-21(14-26)7-11-29-15-21)24-12-16-2-4-17(5-3-16)19(28)25-10-8-23-18(27)13-25/h2-5H,6-15H2,1H3,(H,22,24)(H,23,27). The summed E-state index contributed by atoms with van der Waals surface area (Å²) < 4.78 is 5.61. The van der Waals surface area contributed by atoms with Gasteiger partial charge in [0, 0.05) is 57.4 Å². The SMILES string of the molecule is CN=C(NCc1ccc(C(=O)N2CCNC(=O)C2)cc1)N1CCC2(CCOC2)C1. The second-order valence-corrected chi connectivity index (χ2v) is 8.15. The average Bonchev–Trinajstić information content (AvgIpc) is 3.38. The molecular formula is C21H29N5O3. The summed E-state index contributed by atoms with van der Waals surface area (Å²) in [7, 11) is 1.81. The molecule has 0 saturated carbocycles. The molecule has 2 N–H and O–H groups in total. The Bertz CT molecular complexity index is 786. The van der Waals surface area contributed by atoms with Crippen LogP contribution in [-0.4, -0.2) is 80.6 Å². The average molecular weight is 399 g/mol. The topological polar surface area (TPSA) is 86.3 Å². The molecule has 3 saturated heterocycles. The smallest absolute Gasteiger partial charge is 0.254 e. The fraction of sp³-hybridized carbons (Fsp3) is 0.571. The van der Waals surface area contributed by atoms with E-state index in [2.05, 4.69) is 20.5 Å². The molecule has 1 aromatic rings. The maximum absolute atomic E-state index is 12.6. The third kappa shape index (κ3) is 4.37. The van der Waals surface area contributed by atoms with Gasteiger partial charge in [-0.15, -0.1) is 0 Å². The first-order chi connectivity index (χ1) is 14.1. The van der Waals surface area contributed by atoms with E-state index in [0.29, 0.717) is 30.6 Å². The summed E-state index contributed by atoms with van der Waals surface area (Å²) >= 11 is 0. The Kier molecular flexibility index (Phi) is 5.71. The van der Waals surface area contributed by atoms with Crippen molar-refractivity contribution < 1.29 is 14.3 Å². The Morgan fingerprint density at radius 2 is 2.07 bits per heavy atom. The van der Waals surface area contributed by atoms with Crippen molar-refractivity contribution in [3.05, 3.63) is 35.4 Å². The highest BCUT2D eigenvalue weighted by atomic mass is 16.5. The van der Waals surface area contributed by atoms with E-state index < -0.39 is 0 Å². The van der Waals surface area contributed by atoms with Gasteiger partial charge in [-0.05, 0) is 30.5 Å². The van der Waals surface area contributed by atoms with Crippen LogP contribution in [0.15, 0.2) is 29.3 Å². The highest BCUT2D eigenvalue weighted by Crippen LogP contribution is 2.38. The number of carbonyl (C=O) groups is 2. The van der Waals surface area contributed by atoms with Crippen LogP contribution < -0.4 is 10.6 Å². The molecule has 2 amide bonds. The van der Waals surface area contributed by atoms with E-state index in [9.17, 15) is 9.59 Å². The lowest BCUT2D eigenvalue weighted by Gasteiger charge is -2.26. The number of benzene rings is 1. The molecule has 3 fully saturated rings. The van der Waals surface area contributed by atoms with E-state index in [4.69, 9.17) is 4.74 Å². The first kappa shape index (κ1) is 19.7.